The maximum Gasteiger partial charge on any atom is 0.337 e. The number of methoxy groups -OCH3 is 1. The Kier molecular flexibility index (Phi) is 12.4. The SMILES string of the molecule is COC(=O)c1ccc(NC(=O)[C@H](CCCCNC(c2ccccc2)(c2ccccc2)c2ccc(C)cc2)NC(=O)[C@@H](N)C(C)C)cc1. The third kappa shape index (κ3) is 8.93. The van der Waals surface area contributed by atoms with Crippen LogP contribution in [0.3, 0.4) is 0 Å². The van der Waals surface area contributed by atoms with Crippen molar-refractivity contribution in [2.24, 2.45) is 11.7 Å². The number of nitrogens with one attached hydrogen (secondary N) is 3. The molecule has 0 saturated carbocycles. The number of esters is 1. The maximum atomic E-state index is 13.4. The lowest BCUT2D eigenvalue weighted by molar-refractivity contribution is -0.128. The van der Waals surface area contributed by atoms with E-state index in [-0.39, 0.29) is 17.7 Å². The number of ether oxygens (including phenoxy) is 1. The first-order chi connectivity index (χ1) is 22.6. The van der Waals surface area contributed by atoms with Crippen LogP contribution in [0.1, 0.15) is 65.7 Å². The highest BCUT2D eigenvalue weighted by Crippen LogP contribution is 2.37. The van der Waals surface area contributed by atoms with Gasteiger partial charge in [-0.2, -0.15) is 0 Å². The highest BCUT2D eigenvalue weighted by atomic mass is 16.5. The Labute approximate surface area is 278 Å². The van der Waals surface area contributed by atoms with Crippen LogP contribution in [-0.2, 0) is 19.9 Å². The molecule has 47 heavy (non-hydrogen) atoms. The minimum Gasteiger partial charge on any atom is -0.465 e. The second-order valence-corrected chi connectivity index (χ2v) is 12.2. The van der Waals surface area contributed by atoms with Crippen LogP contribution in [0, 0.1) is 12.8 Å². The summed E-state index contributed by atoms with van der Waals surface area (Å²) < 4.78 is 4.76. The highest BCUT2D eigenvalue weighted by Gasteiger charge is 2.35. The average molecular weight is 635 g/mol. The summed E-state index contributed by atoms with van der Waals surface area (Å²) in [6.07, 6.45) is 1.83. The molecule has 4 aromatic carbocycles. The number of nitrogens with two attached hydrogens (primary N) is 1. The maximum absolute atomic E-state index is 13.4. The largest absolute Gasteiger partial charge is 0.465 e. The van der Waals surface area contributed by atoms with E-state index in [2.05, 4.69) is 95.7 Å². The Morgan fingerprint density at radius 2 is 1.30 bits per heavy atom. The molecule has 8 nitrogen and oxygen atoms in total. The van der Waals surface area contributed by atoms with E-state index in [4.69, 9.17) is 10.5 Å². The van der Waals surface area contributed by atoms with Crippen LogP contribution in [0.4, 0.5) is 5.69 Å². The summed E-state index contributed by atoms with van der Waals surface area (Å²) >= 11 is 0. The minimum absolute atomic E-state index is 0.0837. The zero-order valence-corrected chi connectivity index (χ0v) is 27.7. The molecule has 4 aromatic rings. The number of carbonyl (C=O) groups is 3. The first-order valence-electron chi connectivity index (χ1n) is 16.1. The monoisotopic (exact) mass is 634 g/mol. The molecule has 246 valence electrons. The van der Waals surface area contributed by atoms with E-state index in [9.17, 15) is 14.4 Å². The molecular weight excluding hydrogens is 588 g/mol. The van der Waals surface area contributed by atoms with Crippen molar-refractivity contribution in [3.63, 3.8) is 0 Å². The number of anilines is 1. The lowest BCUT2D eigenvalue weighted by Gasteiger charge is -2.37. The number of aryl methyl sites for hydroxylation is 1. The van der Waals surface area contributed by atoms with Crippen molar-refractivity contribution in [2.75, 3.05) is 19.0 Å². The fourth-order valence-corrected chi connectivity index (χ4v) is 5.61. The van der Waals surface area contributed by atoms with Gasteiger partial charge in [-0.3, -0.25) is 14.9 Å². The zero-order chi connectivity index (χ0) is 33.8. The molecule has 0 unspecified atom stereocenters. The van der Waals surface area contributed by atoms with E-state index < -0.39 is 23.6 Å². The van der Waals surface area contributed by atoms with Gasteiger partial charge in [-0.25, -0.2) is 4.79 Å². The minimum atomic E-state index is -0.794. The molecule has 0 bridgehead atoms. The summed E-state index contributed by atoms with van der Waals surface area (Å²) in [5.74, 6) is -1.27. The van der Waals surface area contributed by atoms with Crippen LogP contribution in [0.15, 0.2) is 109 Å². The molecule has 0 fully saturated rings. The Bertz CT molecular complexity index is 1550. The number of hydrogen-bond acceptors (Lipinski definition) is 6. The van der Waals surface area contributed by atoms with E-state index in [1.54, 1.807) is 24.3 Å². The van der Waals surface area contributed by atoms with Gasteiger partial charge in [-0.15, -0.1) is 0 Å². The van der Waals surface area contributed by atoms with Gasteiger partial charge in [0.2, 0.25) is 11.8 Å². The normalized spacial score (nSPS) is 12.6. The second kappa shape index (κ2) is 16.7. The van der Waals surface area contributed by atoms with E-state index in [1.807, 2.05) is 26.0 Å². The second-order valence-electron chi connectivity index (χ2n) is 12.2. The molecule has 0 radical (unpaired) electrons. The van der Waals surface area contributed by atoms with Gasteiger partial charge in [0, 0.05) is 5.69 Å². The van der Waals surface area contributed by atoms with Gasteiger partial charge in [-0.05, 0) is 79.6 Å². The number of amides is 2. The van der Waals surface area contributed by atoms with E-state index in [1.165, 1.54) is 12.7 Å². The fourth-order valence-electron chi connectivity index (χ4n) is 5.61. The van der Waals surface area contributed by atoms with Crippen molar-refractivity contribution >= 4 is 23.5 Å². The molecule has 0 aliphatic heterocycles. The topological polar surface area (TPSA) is 123 Å². The van der Waals surface area contributed by atoms with Crippen LogP contribution in [0.2, 0.25) is 0 Å². The lowest BCUT2D eigenvalue weighted by atomic mass is 9.76. The van der Waals surface area contributed by atoms with Gasteiger partial charge >= 0.3 is 5.97 Å². The van der Waals surface area contributed by atoms with Crippen LogP contribution in [-0.4, -0.2) is 43.5 Å². The Hall–Kier alpha value is -4.79. The lowest BCUT2D eigenvalue weighted by Crippen LogP contribution is -2.51. The third-order valence-corrected chi connectivity index (χ3v) is 8.44. The van der Waals surface area contributed by atoms with Crippen molar-refractivity contribution < 1.29 is 19.1 Å². The molecular formula is C39H46N4O4. The Morgan fingerprint density at radius 1 is 0.745 bits per heavy atom. The molecule has 0 heterocycles. The third-order valence-electron chi connectivity index (χ3n) is 8.44. The zero-order valence-electron chi connectivity index (χ0n) is 27.7. The molecule has 5 N–H and O–H groups in total. The number of rotatable bonds is 15. The molecule has 2 amide bonds. The van der Waals surface area contributed by atoms with E-state index in [0.717, 1.165) is 23.1 Å². The Balaban J connectivity index is 1.51. The fraction of sp³-hybridized carbons (Fsp3) is 0.308. The van der Waals surface area contributed by atoms with Gasteiger partial charge in [-0.1, -0.05) is 104 Å². The van der Waals surface area contributed by atoms with E-state index >= 15 is 0 Å². The summed E-state index contributed by atoms with van der Waals surface area (Å²) in [4.78, 5) is 38.2. The van der Waals surface area contributed by atoms with Gasteiger partial charge in [0.1, 0.15) is 6.04 Å². The van der Waals surface area contributed by atoms with Crippen molar-refractivity contribution in [2.45, 2.75) is 57.7 Å². The average Bonchev–Trinajstić information content (AvgIpc) is 3.10. The standard InChI is InChI=1S/C39H46N4O4/c1-27(2)35(40)37(45)43-34(36(44)42-33-24-20-29(21-25-33)38(46)47-4)17-11-12-26-41-39(30-13-7-5-8-14-30,31-15-9-6-10-16-31)32-22-18-28(3)19-23-32/h5-10,13-16,18-25,27,34-35,41H,11-12,17,26,40H2,1-4H3,(H,42,44)(H,43,45)/t34-,35-/m0/s1. The predicted octanol–water partition coefficient (Wildman–Crippen LogP) is 5.94. The first kappa shape index (κ1) is 35.1. The van der Waals surface area contributed by atoms with Crippen LogP contribution in [0.25, 0.3) is 0 Å². The molecule has 0 aliphatic rings. The van der Waals surface area contributed by atoms with Crippen LogP contribution < -0.4 is 21.7 Å². The van der Waals surface area contributed by atoms with Crippen molar-refractivity contribution in [1.82, 2.24) is 10.6 Å². The number of hydrogen-bond donors (Lipinski definition) is 4. The Morgan fingerprint density at radius 3 is 1.83 bits per heavy atom. The van der Waals surface area contributed by atoms with Crippen molar-refractivity contribution in [3.05, 3.63) is 137 Å². The van der Waals surface area contributed by atoms with Gasteiger partial charge < -0.3 is 21.1 Å². The summed E-state index contributed by atoms with van der Waals surface area (Å²) in [7, 11) is 1.31. The quantitative estimate of drug-likeness (QED) is 0.0730. The van der Waals surface area contributed by atoms with Crippen molar-refractivity contribution in [1.29, 1.82) is 0 Å². The number of carbonyl (C=O) groups excluding carboxylic acids is 3. The number of benzene rings is 4. The molecule has 2 atom stereocenters. The van der Waals surface area contributed by atoms with Gasteiger partial charge in [0.05, 0.1) is 24.3 Å². The molecule has 0 aromatic heterocycles. The molecule has 0 aliphatic carbocycles. The van der Waals surface area contributed by atoms with Crippen LogP contribution in [0.5, 0.6) is 0 Å². The van der Waals surface area contributed by atoms with Gasteiger partial charge in [0.15, 0.2) is 0 Å². The summed E-state index contributed by atoms with van der Waals surface area (Å²) in [5, 5.41) is 9.64. The molecule has 8 heteroatoms. The summed E-state index contributed by atoms with van der Waals surface area (Å²) in [6, 6.07) is 34.3. The van der Waals surface area contributed by atoms with Crippen molar-refractivity contribution in [3.8, 4) is 0 Å². The first-order valence-corrected chi connectivity index (χ1v) is 16.1. The van der Waals surface area contributed by atoms with Crippen LogP contribution >= 0.6 is 0 Å². The smallest absolute Gasteiger partial charge is 0.337 e. The van der Waals surface area contributed by atoms with Gasteiger partial charge in [0.25, 0.3) is 0 Å². The summed E-state index contributed by atoms with van der Waals surface area (Å²) in [5.41, 5.74) is 11.0. The predicted molar refractivity (Wildman–Crippen MR) is 187 cm³/mol. The molecule has 0 saturated heterocycles. The highest BCUT2D eigenvalue weighted by molar-refractivity contribution is 5.98. The summed E-state index contributed by atoms with van der Waals surface area (Å²) in [6.45, 7) is 6.47. The molecule has 4 rings (SSSR count). The van der Waals surface area contributed by atoms with E-state index in [0.29, 0.717) is 30.6 Å². The number of unbranched alkanes of at least 4 members (excludes halogenated alkanes) is 1. The molecule has 0 spiro atoms.